The van der Waals surface area contributed by atoms with Crippen molar-refractivity contribution in [2.24, 2.45) is 0 Å². The minimum atomic E-state index is -1.01. The van der Waals surface area contributed by atoms with Crippen LogP contribution in [-0.4, -0.2) is 27.9 Å². The fraction of sp³-hybridized carbons (Fsp3) is 0.0690. The van der Waals surface area contributed by atoms with E-state index in [9.17, 15) is 19.5 Å². The molecular formula is C29H24N4O4. The molecule has 2 amide bonds. The van der Waals surface area contributed by atoms with Crippen molar-refractivity contribution in [2.75, 3.05) is 16.0 Å². The Bertz CT molecular complexity index is 1580. The van der Waals surface area contributed by atoms with Crippen molar-refractivity contribution in [2.45, 2.75) is 13.8 Å². The number of fused-ring (bicyclic) bond motifs is 1. The number of aromatic carboxylic acids is 1. The molecule has 184 valence electrons. The molecular weight excluding hydrogens is 468 g/mol. The predicted octanol–water partition coefficient (Wildman–Crippen LogP) is 5.82. The highest BCUT2D eigenvalue weighted by Crippen LogP contribution is 2.36. The van der Waals surface area contributed by atoms with Crippen molar-refractivity contribution in [3.05, 3.63) is 106 Å². The molecule has 0 unspecified atom stereocenters. The van der Waals surface area contributed by atoms with Crippen LogP contribution < -0.4 is 16.0 Å². The van der Waals surface area contributed by atoms with E-state index in [0.29, 0.717) is 39.5 Å². The first-order valence-electron chi connectivity index (χ1n) is 11.6. The van der Waals surface area contributed by atoms with Crippen molar-refractivity contribution < 1.29 is 19.5 Å². The van der Waals surface area contributed by atoms with Gasteiger partial charge in [0.1, 0.15) is 0 Å². The van der Waals surface area contributed by atoms with Crippen molar-refractivity contribution >= 4 is 52.2 Å². The number of hydrogen-bond acceptors (Lipinski definition) is 4. The number of hydrogen-bond donors (Lipinski definition) is 5. The van der Waals surface area contributed by atoms with Crippen LogP contribution in [0.4, 0.5) is 22.7 Å². The summed E-state index contributed by atoms with van der Waals surface area (Å²) in [5.74, 6) is -1.46. The summed E-state index contributed by atoms with van der Waals surface area (Å²) in [6, 6.07) is 21.9. The maximum Gasteiger partial charge on any atom is 0.337 e. The highest BCUT2D eigenvalue weighted by Gasteiger charge is 2.26. The average molecular weight is 493 g/mol. The average Bonchev–Trinajstić information content (AvgIpc) is 3.33. The van der Waals surface area contributed by atoms with E-state index in [2.05, 4.69) is 20.9 Å². The minimum Gasteiger partial charge on any atom is -0.478 e. The second-order valence-electron chi connectivity index (χ2n) is 8.77. The Balaban J connectivity index is 1.36. The second-order valence-corrected chi connectivity index (χ2v) is 8.77. The van der Waals surface area contributed by atoms with Crippen molar-refractivity contribution in [3.63, 3.8) is 0 Å². The van der Waals surface area contributed by atoms with Gasteiger partial charge in [0.15, 0.2) is 0 Å². The Morgan fingerprint density at radius 1 is 0.892 bits per heavy atom. The molecule has 37 heavy (non-hydrogen) atoms. The van der Waals surface area contributed by atoms with Gasteiger partial charge in [-0.05, 0) is 68.0 Å². The van der Waals surface area contributed by atoms with Gasteiger partial charge in [-0.1, -0.05) is 30.3 Å². The van der Waals surface area contributed by atoms with Gasteiger partial charge < -0.3 is 26.0 Å². The summed E-state index contributed by atoms with van der Waals surface area (Å²) >= 11 is 0. The number of benzene rings is 3. The fourth-order valence-electron chi connectivity index (χ4n) is 4.43. The molecule has 0 aliphatic carbocycles. The zero-order valence-corrected chi connectivity index (χ0v) is 20.2. The Morgan fingerprint density at radius 3 is 2.35 bits per heavy atom. The number of aromatic amines is 1. The normalized spacial score (nSPS) is 13.2. The van der Waals surface area contributed by atoms with Crippen LogP contribution in [-0.2, 0) is 4.79 Å². The molecule has 0 atom stereocenters. The minimum absolute atomic E-state index is 0.194. The number of rotatable bonds is 6. The van der Waals surface area contributed by atoms with Gasteiger partial charge in [0.25, 0.3) is 11.8 Å². The van der Waals surface area contributed by atoms with Crippen molar-refractivity contribution in [3.8, 4) is 0 Å². The lowest BCUT2D eigenvalue weighted by Gasteiger charge is -2.11. The molecule has 0 saturated heterocycles. The molecule has 2 heterocycles. The van der Waals surface area contributed by atoms with Crippen molar-refractivity contribution in [1.82, 2.24) is 4.98 Å². The Kier molecular flexibility index (Phi) is 6.07. The lowest BCUT2D eigenvalue weighted by molar-refractivity contribution is -0.110. The number of amides is 2. The molecule has 4 aromatic rings. The zero-order chi connectivity index (χ0) is 26.1. The molecule has 0 fully saturated rings. The number of aryl methyl sites for hydroxylation is 1. The highest BCUT2D eigenvalue weighted by atomic mass is 16.4. The summed E-state index contributed by atoms with van der Waals surface area (Å²) in [5.41, 5.74) is 6.49. The lowest BCUT2D eigenvalue weighted by Crippen LogP contribution is -2.11. The summed E-state index contributed by atoms with van der Waals surface area (Å²) in [7, 11) is 0. The van der Waals surface area contributed by atoms with Crippen molar-refractivity contribution in [1.29, 1.82) is 0 Å². The highest BCUT2D eigenvalue weighted by molar-refractivity contribution is 6.35. The van der Waals surface area contributed by atoms with Gasteiger partial charge in [-0.3, -0.25) is 9.59 Å². The first-order valence-corrected chi connectivity index (χ1v) is 11.6. The summed E-state index contributed by atoms with van der Waals surface area (Å²) in [6.07, 6.45) is 1.68. The van der Waals surface area contributed by atoms with E-state index in [0.717, 1.165) is 16.9 Å². The largest absolute Gasteiger partial charge is 0.478 e. The van der Waals surface area contributed by atoms with E-state index >= 15 is 0 Å². The van der Waals surface area contributed by atoms with Crippen LogP contribution in [0.15, 0.2) is 72.8 Å². The molecule has 5 rings (SSSR count). The first kappa shape index (κ1) is 23.6. The number of carbonyl (C=O) groups excluding carboxylic acids is 2. The van der Waals surface area contributed by atoms with Crippen LogP contribution in [0.2, 0.25) is 0 Å². The molecule has 0 radical (unpaired) electrons. The standard InChI is InChI=1S/C29H24N4O4/c1-16-24(30-17(2)26(16)29(36)37)15-23-22-12-11-21(14-25(22)33-28(23)35)31-19-9-6-10-20(13-19)32-27(34)18-7-4-3-5-8-18/h3-15,30-31H,1-2H3,(H,32,34)(H,33,35)(H,36,37). The van der Waals surface area contributed by atoms with Gasteiger partial charge in [-0.2, -0.15) is 0 Å². The maximum absolute atomic E-state index is 12.7. The third-order valence-corrected chi connectivity index (χ3v) is 6.23. The molecule has 1 aliphatic heterocycles. The number of H-pyrrole nitrogens is 1. The number of nitrogens with one attached hydrogen (secondary N) is 4. The first-order chi connectivity index (χ1) is 17.8. The smallest absolute Gasteiger partial charge is 0.337 e. The third-order valence-electron chi connectivity index (χ3n) is 6.23. The van der Waals surface area contributed by atoms with E-state index in [-0.39, 0.29) is 17.4 Å². The molecule has 8 heteroatoms. The molecule has 3 aromatic carbocycles. The van der Waals surface area contributed by atoms with E-state index in [1.807, 2.05) is 60.7 Å². The van der Waals surface area contributed by atoms with E-state index in [1.165, 1.54) is 0 Å². The zero-order valence-electron chi connectivity index (χ0n) is 20.2. The van der Waals surface area contributed by atoms with Gasteiger partial charge in [0, 0.05) is 39.6 Å². The van der Waals surface area contributed by atoms with Crippen LogP contribution in [0, 0.1) is 13.8 Å². The quantitative estimate of drug-likeness (QED) is 0.217. The van der Waals surface area contributed by atoms with Crippen LogP contribution in [0.5, 0.6) is 0 Å². The molecule has 1 aromatic heterocycles. The molecule has 5 N–H and O–H groups in total. The molecule has 0 spiro atoms. The number of carboxylic acids is 1. The summed E-state index contributed by atoms with van der Waals surface area (Å²) < 4.78 is 0. The van der Waals surface area contributed by atoms with Gasteiger partial charge in [0.05, 0.1) is 16.8 Å². The number of carboxylic acid groups (broad SMARTS) is 1. The van der Waals surface area contributed by atoms with Gasteiger partial charge in [-0.25, -0.2) is 4.79 Å². The summed E-state index contributed by atoms with van der Waals surface area (Å²) in [5, 5.41) is 18.5. The lowest BCUT2D eigenvalue weighted by atomic mass is 10.0. The molecule has 0 bridgehead atoms. The molecule has 8 nitrogen and oxygen atoms in total. The molecule has 0 saturated carbocycles. The number of anilines is 4. The predicted molar refractivity (Wildman–Crippen MR) is 144 cm³/mol. The summed E-state index contributed by atoms with van der Waals surface area (Å²) in [4.78, 5) is 39.8. The maximum atomic E-state index is 12.7. The van der Waals surface area contributed by atoms with Gasteiger partial charge >= 0.3 is 5.97 Å². The summed E-state index contributed by atoms with van der Waals surface area (Å²) in [6.45, 7) is 3.41. The number of carbonyl (C=O) groups is 3. The van der Waals surface area contributed by atoms with E-state index in [1.54, 1.807) is 32.1 Å². The van der Waals surface area contributed by atoms with Crippen LogP contribution in [0.1, 0.15) is 43.2 Å². The van der Waals surface area contributed by atoms with Gasteiger partial charge in [0.2, 0.25) is 0 Å². The topological polar surface area (TPSA) is 123 Å². The SMILES string of the molecule is Cc1[nH]c(C=C2C(=O)Nc3cc(Nc4cccc(NC(=O)c5ccccc5)c4)ccc32)c(C)c1C(=O)O. The second kappa shape index (κ2) is 9.50. The van der Waals surface area contributed by atoms with E-state index in [4.69, 9.17) is 0 Å². The number of aromatic nitrogens is 1. The van der Waals surface area contributed by atoms with Crippen LogP contribution in [0.3, 0.4) is 0 Å². The van der Waals surface area contributed by atoms with E-state index < -0.39 is 5.97 Å². The van der Waals surface area contributed by atoms with Crippen LogP contribution in [0.25, 0.3) is 11.6 Å². The van der Waals surface area contributed by atoms with Crippen LogP contribution >= 0.6 is 0 Å². The van der Waals surface area contributed by atoms with Gasteiger partial charge in [-0.15, -0.1) is 0 Å². The monoisotopic (exact) mass is 492 g/mol. The fourth-order valence-corrected chi connectivity index (χ4v) is 4.43. The molecule has 1 aliphatic rings. The Hall–Kier alpha value is -5.11. The Labute approximate surface area is 213 Å². The Morgan fingerprint density at radius 2 is 1.62 bits per heavy atom. The third kappa shape index (κ3) is 4.72.